The number of carbonyl (C=O) groups is 1. The smallest absolute Gasteiger partial charge is 0.322 e. The molecule has 0 aliphatic carbocycles. The SMILES string of the molecule is C[C@H]1CCCCN1S(=O)(=O)c1ccc(C(=O)Nc2nnc(-c3ccc(Br)cc3)o2)cc1. The van der Waals surface area contributed by atoms with Crippen molar-refractivity contribution in [2.75, 3.05) is 11.9 Å². The van der Waals surface area contributed by atoms with Gasteiger partial charge < -0.3 is 4.42 Å². The molecular formula is C21H21BrN4O4S. The summed E-state index contributed by atoms with van der Waals surface area (Å²) in [5, 5.41) is 10.3. The highest BCUT2D eigenvalue weighted by molar-refractivity contribution is 9.10. The predicted molar refractivity (Wildman–Crippen MR) is 119 cm³/mol. The molecule has 162 valence electrons. The summed E-state index contributed by atoms with van der Waals surface area (Å²) in [7, 11) is -3.59. The van der Waals surface area contributed by atoms with Crippen LogP contribution >= 0.6 is 15.9 Å². The maximum atomic E-state index is 12.9. The molecule has 4 rings (SSSR count). The third-order valence-corrected chi connectivity index (χ3v) is 7.76. The van der Waals surface area contributed by atoms with E-state index >= 15 is 0 Å². The molecule has 2 aromatic carbocycles. The Balaban J connectivity index is 1.46. The quantitative estimate of drug-likeness (QED) is 0.554. The molecule has 31 heavy (non-hydrogen) atoms. The first-order valence-corrected chi connectivity index (χ1v) is 12.1. The standard InChI is InChI=1S/C21H21BrN4O4S/c1-14-4-2-3-13-26(14)31(28,29)18-11-7-15(8-12-18)19(27)23-21-25-24-20(30-21)16-5-9-17(22)10-6-16/h5-12,14H,2-4,13H2,1H3,(H,23,25,27)/t14-/m0/s1. The number of aromatic nitrogens is 2. The molecule has 0 spiro atoms. The Bertz CT molecular complexity index is 1180. The van der Waals surface area contributed by atoms with Crippen LogP contribution in [0.3, 0.4) is 0 Å². The largest absolute Gasteiger partial charge is 0.403 e. The number of hydrogen-bond acceptors (Lipinski definition) is 6. The third kappa shape index (κ3) is 4.70. The number of halogens is 1. The van der Waals surface area contributed by atoms with Gasteiger partial charge in [0.05, 0.1) is 4.90 Å². The van der Waals surface area contributed by atoms with Crippen molar-refractivity contribution < 1.29 is 17.6 Å². The fourth-order valence-electron chi connectivity index (χ4n) is 3.49. The highest BCUT2D eigenvalue weighted by Crippen LogP contribution is 2.26. The maximum Gasteiger partial charge on any atom is 0.322 e. The molecule has 1 aliphatic heterocycles. The molecule has 0 unspecified atom stereocenters. The summed E-state index contributed by atoms with van der Waals surface area (Å²) in [6.07, 6.45) is 2.74. The summed E-state index contributed by atoms with van der Waals surface area (Å²) in [6.45, 7) is 2.44. The number of nitrogens with one attached hydrogen (secondary N) is 1. The second-order valence-corrected chi connectivity index (χ2v) is 10.2. The molecule has 1 amide bonds. The number of amides is 1. The Hall–Kier alpha value is -2.56. The number of piperidine rings is 1. The van der Waals surface area contributed by atoms with E-state index in [0.29, 0.717) is 6.54 Å². The molecule has 1 aromatic heterocycles. The van der Waals surface area contributed by atoms with E-state index in [4.69, 9.17) is 4.42 Å². The molecule has 2 heterocycles. The van der Waals surface area contributed by atoms with E-state index in [9.17, 15) is 13.2 Å². The number of hydrogen-bond donors (Lipinski definition) is 1. The van der Waals surface area contributed by atoms with Crippen LogP contribution < -0.4 is 5.32 Å². The maximum absolute atomic E-state index is 12.9. The summed E-state index contributed by atoms with van der Waals surface area (Å²) < 4.78 is 33.8. The summed E-state index contributed by atoms with van der Waals surface area (Å²) in [4.78, 5) is 12.7. The van der Waals surface area contributed by atoms with Crippen molar-refractivity contribution in [1.29, 1.82) is 0 Å². The van der Waals surface area contributed by atoms with E-state index in [1.54, 1.807) is 0 Å². The zero-order chi connectivity index (χ0) is 22.0. The molecule has 0 bridgehead atoms. The lowest BCUT2D eigenvalue weighted by Gasteiger charge is -2.32. The molecule has 1 N–H and O–H groups in total. The predicted octanol–water partition coefficient (Wildman–Crippen LogP) is 4.31. The van der Waals surface area contributed by atoms with E-state index < -0.39 is 15.9 Å². The minimum absolute atomic E-state index is 0.0285. The molecule has 1 fully saturated rings. The number of benzene rings is 2. The second-order valence-electron chi connectivity index (χ2n) is 7.36. The first kappa shape index (κ1) is 21.7. The summed E-state index contributed by atoms with van der Waals surface area (Å²) >= 11 is 3.36. The highest BCUT2D eigenvalue weighted by atomic mass is 79.9. The topological polar surface area (TPSA) is 105 Å². The summed E-state index contributed by atoms with van der Waals surface area (Å²) in [6, 6.07) is 13.1. The lowest BCUT2D eigenvalue weighted by molar-refractivity contribution is 0.102. The van der Waals surface area contributed by atoms with Crippen LogP contribution in [0.4, 0.5) is 6.01 Å². The minimum Gasteiger partial charge on any atom is -0.403 e. The van der Waals surface area contributed by atoms with Gasteiger partial charge in [-0.1, -0.05) is 27.4 Å². The normalized spacial score (nSPS) is 17.4. The average molecular weight is 505 g/mol. The molecule has 0 saturated carbocycles. The van der Waals surface area contributed by atoms with Crippen molar-refractivity contribution in [2.24, 2.45) is 0 Å². The van der Waals surface area contributed by atoms with E-state index in [1.165, 1.54) is 28.6 Å². The zero-order valence-corrected chi connectivity index (χ0v) is 19.2. The van der Waals surface area contributed by atoms with Gasteiger partial charge in [0.25, 0.3) is 5.91 Å². The number of nitrogens with zero attached hydrogens (tertiary/aromatic N) is 3. The van der Waals surface area contributed by atoms with Crippen molar-refractivity contribution in [3.05, 3.63) is 58.6 Å². The van der Waals surface area contributed by atoms with Gasteiger partial charge >= 0.3 is 6.01 Å². The molecule has 0 radical (unpaired) electrons. The Kier molecular flexibility index (Phi) is 6.22. The first-order valence-electron chi connectivity index (χ1n) is 9.87. The van der Waals surface area contributed by atoms with Crippen LogP contribution in [0.15, 0.2) is 62.3 Å². The van der Waals surface area contributed by atoms with Gasteiger partial charge in [0, 0.05) is 28.2 Å². The molecule has 1 saturated heterocycles. The van der Waals surface area contributed by atoms with E-state index in [2.05, 4.69) is 31.4 Å². The van der Waals surface area contributed by atoms with Crippen molar-refractivity contribution >= 4 is 37.9 Å². The van der Waals surface area contributed by atoms with Gasteiger partial charge in [0.1, 0.15) is 0 Å². The van der Waals surface area contributed by atoms with Gasteiger partial charge in [0.15, 0.2) is 0 Å². The number of sulfonamides is 1. The molecule has 1 atom stereocenters. The van der Waals surface area contributed by atoms with Gasteiger partial charge in [-0.25, -0.2) is 8.42 Å². The van der Waals surface area contributed by atoms with E-state index in [0.717, 1.165) is 29.3 Å². The average Bonchev–Trinajstić information content (AvgIpc) is 3.23. The van der Waals surface area contributed by atoms with Gasteiger partial charge in [-0.3, -0.25) is 10.1 Å². The van der Waals surface area contributed by atoms with Crippen molar-refractivity contribution in [1.82, 2.24) is 14.5 Å². The van der Waals surface area contributed by atoms with Gasteiger partial charge in [-0.05, 0) is 68.3 Å². The third-order valence-electron chi connectivity index (χ3n) is 5.20. The fraction of sp³-hybridized carbons (Fsp3) is 0.286. The van der Waals surface area contributed by atoms with Crippen LogP contribution in [0.5, 0.6) is 0 Å². The summed E-state index contributed by atoms with van der Waals surface area (Å²) in [5.41, 5.74) is 1.01. The monoisotopic (exact) mass is 504 g/mol. The van der Waals surface area contributed by atoms with Gasteiger partial charge in [-0.2, -0.15) is 4.31 Å². The number of rotatable bonds is 5. The highest BCUT2D eigenvalue weighted by Gasteiger charge is 2.31. The van der Waals surface area contributed by atoms with E-state index in [-0.39, 0.29) is 28.4 Å². The van der Waals surface area contributed by atoms with Crippen LogP contribution in [0.1, 0.15) is 36.5 Å². The molecule has 3 aromatic rings. The van der Waals surface area contributed by atoms with Crippen LogP contribution in [0.2, 0.25) is 0 Å². The zero-order valence-electron chi connectivity index (χ0n) is 16.8. The lowest BCUT2D eigenvalue weighted by Crippen LogP contribution is -2.41. The molecular weight excluding hydrogens is 484 g/mol. The Morgan fingerprint density at radius 1 is 1.10 bits per heavy atom. The van der Waals surface area contributed by atoms with Crippen molar-refractivity contribution in [3.63, 3.8) is 0 Å². The van der Waals surface area contributed by atoms with Crippen LogP contribution in [0, 0.1) is 0 Å². The van der Waals surface area contributed by atoms with Gasteiger partial charge in [0.2, 0.25) is 15.9 Å². The van der Waals surface area contributed by atoms with E-state index in [1.807, 2.05) is 31.2 Å². The van der Waals surface area contributed by atoms with Crippen molar-refractivity contribution in [2.45, 2.75) is 37.1 Å². The lowest BCUT2D eigenvalue weighted by atomic mass is 10.1. The number of carbonyl (C=O) groups excluding carboxylic acids is 1. The Labute approximate surface area is 188 Å². The fourth-order valence-corrected chi connectivity index (χ4v) is 5.46. The van der Waals surface area contributed by atoms with Crippen LogP contribution in [-0.2, 0) is 10.0 Å². The molecule has 10 heteroatoms. The van der Waals surface area contributed by atoms with Crippen LogP contribution in [0.25, 0.3) is 11.5 Å². The first-order chi connectivity index (χ1) is 14.8. The van der Waals surface area contributed by atoms with Crippen LogP contribution in [-0.4, -0.2) is 41.4 Å². The Morgan fingerprint density at radius 2 is 1.81 bits per heavy atom. The second kappa shape index (κ2) is 8.89. The minimum atomic E-state index is -3.59. The number of anilines is 1. The van der Waals surface area contributed by atoms with Gasteiger partial charge in [-0.15, -0.1) is 5.10 Å². The Morgan fingerprint density at radius 3 is 2.48 bits per heavy atom. The van der Waals surface area contributed by atoms with Crippen molar-refractivity contribution in [3.8, 4) is 11.5 Å². The molecule has 1 aliphatic rings. The summed E-state index contributed by atoms with van der Waals surface area (Å²) in [5.74, 6) is -0.193. The molecule has 8 nitrogen and oxygen atoms in total.